The Kier molecular flexibility index (Phi) is 7.04. The van der Waals surface area contributed by atoms with Gasteiger partial charge >= 0.3 is 5.97 Å². The van der Waals surface area contributed by atoms with E-state index in [0.29, 0.717) is 24.7 Å². The average molecular weight is 419 g/mol. The number of hydrogen-bond acceptors (Lipinski definition) is 3. The lowest BCUT2D eigenvalue weighted by atomic mass is 9.67. The van der Waals surface area contributed by atoms with Crippen LogP contribution in [0.5, 0.6) is 5.75 Å². The van der Waals surface area contributed by atoms with Crippen LogP contribution in [-0.4, -0.2) is 17.7 Å². The summed E-state index contributed by atoms with van der Waals surface area (Å²) in [4.78, 5) is 12.2. The first kappa shape index (κ1) is 22.9. The molecular formula is C28H34O3. The van der Waals surface area contributed by atoms with E-state index in [1.807, 2.05) is 19.1 Å². The molecule has 31 heavy (non-hydrogen) atoms. The molecule has 0 saturated heterocycles. The van der Waals surface area contributed by atoms with Gasteiger partial charge in [0.1, 0.15) is 5.75 Å². The summed E-state index contributed by atoms with van der Waals surface area (Å²) in [6.45, 7) is 10.9. The molecule has 0 amide bonds. The molecule has 0 aliphatic heterocycles. The highest BCUT2D eigenvalue weighted by atomic mass is 16.5. The van der Waals surface area contributed by atoms with Crippen molar-refractivity contribution in [2.75, 3.05) is 6.61 Å². The first-order valence-corrected chi connectivity index (χ1v) is 11.2. The van der Waals surface area contributed by atoms with E-state index in [1.165, 1.54) is 27.8 Å². The quantitative estimate of drug-likeness (QED) is 0.490. The van der Waals surface area contributed by atoms with Gasteiger partial charge in [0.15, 0.2) is 0 Å². The monoisotopic (exact) mass is 418 g/mol. The van der Waals surface area contributed by atoms with Gasteiger partial charge in [0.25, 0.3) is 0 Å². The average Bonchev–Trinajstić information content (AvgIpc) is 2.72. The topological polar surface area (TPSA) is 46.5 Å². The van der Waals surface area contributed by atoms with Crippen LogP contribution < -0.4 is 0 Å². The van der Waals surface area contributed by atoms with Crippen LogP contribution in [0.2, 0.25) is 0 Å². The van der Waals surface area contributed by atoms with Crippen molar-refractivity contribution in [3.8, 4) is 5.75 Å². The molecule has 0 heterocycles. The molecule has 164 valence electrons. The fourth-order valence-corrected chi connectivity index (χ4v) is 4.56. The first-order valence-electron chi connectivity index (χ1n) is 11.2. The number of allylic oxidation sites excluding steroid dienone is 4. The van der Waals surface area contributed by atoms with Crippen molar-refractivity contribution in [1.29, 1.82) is 0 Å². The van der Waals surface area contributed by atoms with E-state index in [-0.39, 0.29) is 11.4 Å². The molecule has 1 aliphatic carbocycles. The lowest BCUT2D eigenvalue weighted by Gasteiger charge is -2.37. The van der Waals surface area contributed by atoms with E-state index >= 15 is 0 Å². The van der Waals surface area contributed by atoms with Gasteiger partial charge in [-0.2, -0.15) is 0 Å². The second-order valence-electron chi connectivity index (χ2n) is 9.11. The zero-order chi connectivity index (χ0) is 22.6. The molecule has 3 rings (SSSR count). The largest absolute Gasteiger partial charge is 0.508 e. The van der Waals surface area contributed by atoms with Gasteiger partial charge in [0.2, 0.25) is 0 Å². The minimum absolute atomic E-state index is 0.143. The maximum atomic E-state index is 12.2. The van der Waals surface area contributed by atoms with Gasteiger partial charge in [-0.25, -0.2) is 0 Å². The number of aromatic hydroxyl groups is 1. The molecule has 0 bridgehead atoms. The van der Waals surface area contributed by atoms with Crippen molar-refractivity contribution in [3.63, 3.8) is 0 Å². The molecule has 1 atom stereocenters. The molecule has 1 N–H and O–H groups in total. The van der Waals surface area contributed by atoms with Crippen LogP contribution in [0.4, 0.5) is 0 Å². The zero-order valence-electron chi connectivity index (χ0n) is 19.4. The number of phenols is 1. The van der Waals surface area contributed by atoms with Crippen LogP contribution in [0.3, 0.4) is 0 Å². The molecular weight excluding hydrogens is 384 g/mol. The summed E-state index contributed by atoms with van der Waals surface area (Å²) in [6, 6.07) is 14.2. The summed E-state index contributed by atoms with van der Waals surface area (Å²) in [5.41, 5.74) is 7.05. The predicted molar refractivity (Wildman–Crippen MR) is 128 cm³/mol. The van der Waals surface area contributed by atoms with Crippen molar-refractivity contribution in [2.45, 2.75) is 59.8 Å². The van der Waals surface area contributed by atoms with Crippen molar-refractivity contribution in [3.05, 3.63) is 76.9 Å². The molecule has 3 heteroatoms. The molecule has 2 aromatic carbocycles. The van der Waals surface area contributed by atoms with Crippen LogP contribution in [0, 0.1) is 12.3 Å². The van der Waals surface area contributed by atoms with Gasteiger partial charge in [-0.15, -0.1) is 0 Å². The van der Waals surface area contributed by atoms with E-state index in [2.05, 4.69) is 64.1 Å². The third-order valence-corrected chi connectivity index (χ3v) is 6.20. The van der Waals surface area contributed by atoms with Gasteiger partial charge < -0.3 is 9.84 Å². The second-order valence-corrected chi connectivity index (χ2v) is 9.11. The van der Waals surface area contributed by atoms with Crippen LogP contribution in [0.25, 0.3) is 11.1 Å². The lowest BCUT2D eigenvalue weighted by molar-refractivity contribution is -0.143. The Morgan fingerprint density at radius 2 is 1.94 bits per heavy atom. The van der Waals surface area contributed by atoms with Crippen LogP contribution in [0.15, 0.2) is 54.6 Å². The Hall–Kier alpha value is -2.81. The number of aryl methyl sites for hydroxylation is 1. The molecule has 1 unspecified atom stereocenters. The normalized spacial score (nSPS) is 18.5. The number of carbonyl (C=O) groups is 1. The number of rotatable bonds is 7. The maximum absolute atomic E-state index is 12.2. The molecule has 0 saturated carbocycles. The summed E-state index contributed by atoms with van der Waals surface area (Å²) in [7, 11) is 0. The minimum atomic E-state index is -0.198. The Balaban J connectivity index is 2.04. The molecule has 0 fully saturated rings. The highest BCUT2D eigenvalue weighted by Crippen LogP contribution is 2.49. The van der Waals surface area contributed by atoms with Crippen LogP contribution in [-0.2, 0) is 9.53 Å². The summed E-state index contributed by atoms with van der Waals surface area (Å²) < 4.78 is 5.21. The van der Waals surface area contributed by atoms with E-state index in [1.54, 1.807) is 6.07 Å². The molecule has 0 radical (unpaired) electrons. The molecule has 0 spiro atoms. The third kappa shape index (κ3) is 5.28. The van der Waals surface area contributed by atoms with E-state index in [9.17, 15) is 9.90 Å². The summed E-state index contributed by atoms with van der Waals surface area (Å²) in [5, 5.41) is 10.0. The fraction of sp³-hybridized carbons (Fsp3) is 0.393. The van der Waals surface area contributed by atoms with Crippen molar-refractivity contribution in [2.24, 2.45) is 5.41 Å². The minimum Gasteiger partial charge on any atom is -0.508 e. The number of esters is 1. The summed E-state index contributed by atoms with van der Waals surface area (Å²) >= 11 is 0. The third-order valence-electron chi connectivity index (χ3n) is 6.20. The van der Waals surface area contributed by atoms with Gasteiger partial charge in [0, 0.05) is 6.42 Å². The van der Waals surface area contributed by atoms with Crippen molar-refractivity contribution >= 4 is 17.1 Å². The SMILES string of the molecule is CCOC(=O)CCC1(C)CC(c2ccc(O)cc2C(C)C)=CC=C1c1cccc(C)c1. The lowest BCUT2D eigenvalue weighted by Crippen LogP contribution is -2.23. The Bertz CT molecular complexity index is 1010. The highest BCUT2D eigenvalue weighted by Gasteiger charge is 2.34. The summed E-state index contributed by atoms with van der Waals surface area (Å²) in [5.74, 6) is 0.455. The standard InChI is InChI=1S/C28H34O3/c1-6-31-27(30)14-15-28(5)18-22(24-12-11-23(29)17-25(24)19(2)3)10-13-26(28)21-9-7-8-20(4)16-21/h7-13,16-17,19,29H,6,14-15,18H2,1-5H3. The Morgan fingerprint density at radius 1 is 1.16 bits per heavy atom. The summed E-state index contributed by atoms with van der Waals surface area (Å²) in [6.07, 6.45) is 6.37. The predicted octanol–water partition coefficient (Wildman–Crippen LogP) is 7.04. The maximum Gasteiger partial charge on any atom is 0.305 e. The van der Waals surface area contributed by atoms with Crippen molar-refractivity contribution in [1.82, 2.24) is 0 Å². The van der Waals surface area contributed by atoms with Crippen LogP contribution >= 0.6 is 0 Å². The molecule has 1 aliphatic rings. The Labute approximate surface area is 186 Å². The van der Waals surface area contributed by atoms with E-state index in [0.717, 1.165) is 18.4 Å². The number of phenolic OH excluding ortho intramolecular Hbond substituents is 1. The number of hydrogen-bond donors (Lipinski definition) is 1. The van der Waals surface area contributed by atoms with Gasteiger partial charge in [-0.05, 0) is 78.0 Å². The number of benzene rings is 2. The smallest absolute Gasteiger partial charge is 0.305 e. The highest BCUT2D eigenvalue weighted by molar-refractivity contribution is 5.83. The first-order chi connectivity index (χ1) is 14.7. The second kappa shape index (κ2) is 9.55. The van der Waals surface area contributed by atoms with Crippen molar-refractivity contribution < 1.29 is 14.6 Å². The number of carbonyl (C=O) groups excluding carboxylic acids is 1. The number of ether oxygens (including phenoxy) is 1. The zero-order valence-corrected chi connectivity index (χ0v) is 19.4. The van der Waals surface area contributed by atoms with E-state index < -0.39 is 0 Å². The molecule has 0 aromatic heterocycles. The van der Waals surface area contributed by atoms with Gasteiger partial charge in [0.05, 0.1) is 6.61 Å². The van der Waals surface area contributed by atoms with Gasteiger partial charge in [-0.3, -0.25) is 4.79 Å². The fourth-order valence-electron chi connectivity index (χ4n) is 4.56. The molecule has 3 nitrogen and oxygen atoms in total. The Morgan fingerprint density at radius 3 is 2.61 bits per heavy atom. The van der Waals surface area contributed by atoms with E-state index in [4.69, 9.17) is 4.74 Å². The molecule has 2 aromatic rings. The van der Waals surface area contributed by atoms with Crippen LogP contribution in [0.1, 0.15) is 75.1 Å². The van der Waals surface area contributed by atoms with Gasteiger partial charge in [-0.1, -0.05) is 68.8 Å².